The normalized spacial score (nSPS) is 16.0. The lowest BCUT2D eigenvalue weighted by molar-refractivity contribution is 0.821. The standard InChI is InChI=1S/C15H19N/c1-11(2)15-9-8-14(10-16-15)13-6-4-12(3)5-7-13/h4,6,8-11H,5,7H2,1-3H3. The van der Waals surface area contributed by atoms with E-state index in [1.54, 1.807) is 0 Å². The first-order valence-electron chi connectivity index (χ1n) is 5.99. The Hall–Kier alpha value is -1.37. The van der Waals surface area contributed by atoms with Crippen molar-refractivity contribution < 1.29 is 0 Å². The molecule has 0 unspecified atom stereocenters. The number of pyridine rings is 1. The van der Waals surface area contributed by atoms with Crippen molar-refractivity contribution in [3.63, 3.8) is 0 Å². The first-order valence-corrected chi connectivity index (χ1v) is 5.99. The molecule has 0 N–H and O–H groups in total. The van der Waals surface area contributed by atoms with Gasteiger partial charge in [0.05, 0.1) is 0 Å². The summed E-state index contributed by atoms with van der Waals surface area (Å²) < 4.78 is 0. The highest BCUT2D eigenvalue weighted by molar-refractivity contribution is 5.68. The predicted molar refractivity (Wildman–Crippen MR) is 69.3 cm³/mol. The summed E-state index contributed by atoms with van der Waals surface area (Å²) in [6, 6.07) is 4.34. The first kappa shape index (κ1) is 11.1. The zero-order chi connectivity index (χ0) is 11.5. The molecule has 0 atom stereocenters. The van der Waals surface area contributed by atoms with Crippen molar-refractivity contribution >= 4 is 5.57 Å². The van der Waals surface area contributed by atoms with E-state index in [2.05, 4.69) is 50.0 Å². The molecule has 1 aromatic rings. The molecule has 0 saturated carbocycles. The van der Waals surface area contributed by atoms with Crippen LogP contribution in [-0.2, 0) is 0 Å². The van der Waals surface area contributed by atoms with Crippen molar-refractivity contribution in [2.24, 2.45) is 0 Å². The minimum atomic E-state index is 0.511. The molecule has 0 radical (unpaired) electrons. The summed E-state index contributed by atoms with van der Waals surface area (Å²) in [5, 5.41) is 0. The molecule has 16 heavy (non-hydrogen) atoms. The summed E-state index contributed by atoms with van der Waals surface area (Å²) in [6.07, 6.45) is 8.78. The average Bonchev–Trinajstić information content (AvgIpc) is 2.30. The monoisotopic (exact) mass is 213 g/mol. The summed E-state index contributed by atoms with van der Waals surface area (Å²) >= 11 is 0. The Kier molecular flexibility index (Phi) is 3.23. The number of hydrogen-bond acceptors (Lipinski definition) is 1. The molecule has 1 aliphatic rings. The Morgan fingerprint density at radius 1 is 1.12 bits per heavy atom. The molecule has 0 fully saturated rings. The van der Waals surface area contributed by atoms with Crippen LogP contribution in [0.4, 0.5) is 0 Å². The van der Waals surface area contributed by atoms with Gasteiger partial charge >= 0.3 is 0 Å². The van der Waals surface area contributed by atoms with Gasteiger partial charge in [0, 0.05) is 11.9 Å². The van der Waals surface area contributed by atoms with Crippen molar-refractivity contribution in [1.82, 2.24) is 4.98 Å². The number of hydrogen-bond donors (Lipinski definition) is 0. The summed E-state index contributed by atoms with van der Waals surface area (Å²) in [7, 11) is 0. The van der Waals surface area contributed by atoms with Crippen molar-refractivity contribution in [3.05, 3.63) is 47.3 Å². The maximum Gasteiger partial charge on any atom is 0.0429 e. The van der Waals surface area contributed by atoms with Crippen LogP contribution in [0.3, 0.4) is 0 Å². The van der Waals surface area contributed by atoms with Crippen LogP contribution >= 0.6 is 0 Å². The fourth-order valence-electron chi connectivity index (χ4n) is 1.92. The van der Waals surface area contributed by atoms with E-state index in [1.165, 1.54) is 28.8 Å². The van der Waals surface area contributed by atoms with E-state index in [4.69, 9.17) is 0 Å². The van der Waals surface area contributed by atoms with Gasteiger partial charge in [-0.1, -0.05) is 37.6 Å². The molecule has 2 rings (SSSR count). The van der Waals surface area contributed by atoms with E-state index in [0.29, 0.717) is 5.92 Å². The second-order valence-corrected chi connectivity index (χ2v) is 4.83. The van der Waals surface area contributed by atoms with Gasteiger partial charge in [-0.25, -0.2) is 0 Å². The fraction of sp³-hybridized carbons (Fsp3) is 0.400. The minimum absolute atomic E-state index is 0.511. The van der Waals surface area contributed by atoms with E-state index in [-0.39, 0.29) is 0 Å². The second kappa shape index (κ2) is 4.65. The maximum atomic E-state index is 4.51. The van der Waals surface area contributed by atoms with Crippen LogP contribution in [0.15, 0.2) is 36.1 Å². The van der Waals surface area contributed by atoms with Gasteiger partial charge in [0.2, 0.25) is 0 Å². The molecule has 1 aromatic heterocycles. The molecule has 1 heterocycles. The van der Waals surface area contributed by atoms with Crippen LogP contribution in [0.25, 0.3) is 5.57 Å². The van der Waals surface area contributed by atoms with E-state index < -0.39 is 0 Å². The lowest BCUT2D eigenvalue weighted by Gasteiger charge is -2.13. The van der Waals surface area contributed by atoms with Crippen LogP contribution < -0.4 is 0 Å². The van der Waals surface area contributed by atoms with Gasteiger partial charge in [0.15, 0.2) is 0 Å². The molecule has 0 amide bonds. The predicted octanol–water partition coefficient (Wildman–Crippen LogP) is 4.33. The molecule has 0 spiro atoms. The summed E-state index contributed by atoms with van der Waals surface area (Å²) in [5.74, 6) is 0.511. The molecular weight excluding hydrogens is 194 g/mol. The Labute approximate surface area is 97.9 Å². The van der Waals surface area contributed by atoms with Crippen molar-refractivity contribution in [2.75, 3.05) is 0 Å². The third-order valence-electron chi connectivity index (χ3n) is 3.11. The highest BCUT2D eigenvalue weighted by atomic mass is 14.7. The third kappa shape index (κ3) is 2.41. The van der Waals surface area contributed by atoms with E-state index >= 15 is 0 Å². The summed E-state index contributed by atoms with van der Waals surface area (Å²) in [6.45, 7) is 6.54. The smallest absolute Gasteiger partial charge is 0.0429 e. The van der Waals surface area contributed by atoms with E-state index in [0.717, 1.165) is 6.42 Å². The molecule has 1 heteroatoms. The highest BCUT2D eigenvalue weighted by Crippen LogP contribution is 2.26. The van der Waals surface area contributed by atoms with Crippen molar-refractivity contribution in [1.29, 1.82) is 0 Å². The fourth-order valence-corrected chi connectivity index (χ4v) is 1.92. The van der Waals surface area contributed by atoms with E-state index in [9.17, 15) is 0 Å². The number of nitrogens with zero attached hydrogens (tertiary/aromatic N) is 1. The lowest BCUT2D eigenvalue weighted by Crippen LogP contribution is -1.95. The SMILES string of the molecule is CC1=CC=C(c2ccc(C(C)C)nc2)CC1. The Bertz CT molecular complexity index is 421. The van der Waals surface area contributed by atoms with Crippen LogP contribution in [-0.4, -0.2) is 4.98 Å². The lowest BCUT2D eigenvalue weighted by atomic mass is 9.94. The minimum Gasteiger partial charge on any atom is -0.260 e. The molecule has 1 nitrogen and oxygen atoms in total. The largest absolute Gasteiger partial charge is 0.260 e. The molecule has 0 saturated heterocycles. The molecule has 1 aliphatic carbocycles. The Balaban J connectivity index is 2.22. The van der Waals surface area contributed by atoms with Gasteiger partial charge in [-0.2, -0.15) is 0 Å². The quantitative estimate of drug-likeness (QED) is 0.712. The zero-order valence-corrected chi connectivity index (χ0v) is 10.3. The number of allylic oxidation sites excluding steroid dienone is 4. The molecule has 0 bridgehead atoms. The number of rotatable bonds is 2. The van der Waals surface area contributed by atoms with Gasteiger partial charge in [0.25, 0.3) is 0 Å². The maximum absolute atomic E-state index is 4.51. The van der Waals surface area contributed by atoms with Crippen LogP contribution in [0.2, 0.25) is 0 Å². The van der Waals surface area contributed by atoms with Crippen molar-refractivity contribution in [2.45, 2.75) is 39.5 Å². The molecule has 0 aliphatic heterocycles. The zero-order valence-electron chi connectivity index (χ0n) is 10.3. The second-order valence-electron chi connectivity index (χ2n) is 4.83. The number of aromatic nitrogens is 1. The molecular formula is C15H19N. The topological polar surface area (TPSA) is 12.9 Å². The summed E-state index contributed by atoms with van der Waals surface area (Å²) in [5.41, 5.74) is 5.32. The third-order valence-corrected chi connectivity index (χ3v) is 3.11. The van der Waals surface area contributed by atoms with Gasteiger partial charge in [0.1, 0.15) is 0 Å². The van der Waals surface area contributed by atoms with Crippen LogP contribution in [0.5, 0.6) is 0 Å². The van der Waals surface area contributed by atoms with Crippen LogP contribution in [0.1, 0.15) is 50.8 Å². The van der Waals surface area contributed by atoms with Gasteiger partial charge in [-0.15, -0.1) is 0 Å². The van der Waals surface area contributed by atoms with E-state index in [1.807, 2.05) is 6.20 Å². The van der Waals surface area contributed by atoms with Crippen LogP contribution in [0, 0.1) is 0 Å². The first-order chi connectivity index (χ1) is 7.66. The summed E-state index contributed by atoms with van der Waals surface area (Å²) in [4.78, 5) is 4.51. The molecule has 84 valence electrons. The van der Waals surface area contributed by atoms with Crippen molar-refractivity contribution in [3.8, 4) is 0 Å². The average molecular weight is 213 g/mol. The Morgan fingerprint density at radius 3 is 2.44 bits per heavy atom. The van der Waals surface area contributed by atoms with Gasteiger partial charge in [-0.05, 0) is 42.9 Å². The highest BCUT2D eigenvalue weighted by Gasteiger charge is 2.07. The van der Waals surface area contributed by atoms with Gasteiger partial charge in [-0.3, -0.25) is 4.98 Å². The molecule has 0 aromatic carbocycles. The van der Waals surface area contributed by atoms with Gasteiger partial charge < -0.3 is 0 Å². The Morgan fingerprint density at radius 2 is 1.94 bits per heavy atom.